The van der Waals surface area contributed by atoms with Crippen LogP contribution in [0.25, 0.3) is 0 Å². The lowest BCUT2D eigenvalue weighted by Crippen LogP contribution is -2.09. The Morgan fingerprint density at radius 2 is 2.10 bits per heavy atom. The smallest absolute Gasteiger partial charge is 0.213 e. The molecule has 4 nitrogen and oxygen atoms in total. The van der Waals surface area contributed by atoms with Crippen LogP contribution in [0.1, 0.15) is 18.5 Å². The number of rotatable bonds is 6. The summed E-state index contributed by atoms with van der Waals surface area (Å²) in [6.07, 6.45) is 1.62. The van der Waals surface area contributed by atoms with Gasteiger partial charge in [-0.1, -0.05) is 18.2 Å². The third kappa shape index (κ3) is 3.68. The van der Waals surface area contributed by atoms with Gasteiger partial charge in [-0.25, -0.2) is 9.37 Å². The lowest BCUT2D eigenvalue weighted by molar-refractivity contribution is 0.196. The van der Waals surface area contributed by atoms with Gasteiger partial charge in [-0.2, -0.15) is 0 Å². The Hall–Kier alpha value is -2.14. The van der Waals surface area contributed by atoms with Gasteiger partial charge in [-0.15, -0.1) is 0 Å². The highest BCUT2D eigenvalue weighted by Crippen LogP contribution is 2.21. The number of aliphatic hydroxyl groups excluding tert-OH is 1. The molecular weight excluding hydrogens is 259 g/mol. The number of pyridine rings is 1. The van der Waals surface area contributed by atoms with Gasteiger partial charge in [0.2, 0.25) is 5.88 Å². The zero-order valence-corrected chi connectivity index (χ0v) is 11.2. The monoisotopic (exact) mass is 276 g/mol. The zero-order valence-electron chi connectivity index (χ0n) is 11.2. The fraction of sp³-hybridized carbons (Fsp3) is 0.267. The first-order chi connectivity index (χ1) is 9.70. The Balaban J connectivity index is 2.01. The van der Waals surface area contributed by atoms with Crippen molar-refractivity contribution in [3.8, 4) is 5.88 Å². The molecule has 0 saturated carbocycles. The van der Waals surface area contributed by atoms with E-state index in [-0.39, 0.29) is 25.1 Å². The fourth-order valence-electron chi connectivity index (χ4n) is 1.86. The van der Waals surface area contributed by atoms with Gasteiger partial charge in [0.25, 0.3) is 0 Å². The number of halogens is 1. The highest BCUT2D eigenvalue weighted by atomic mass is 19.1. The van der Waals surface area contributed by atoms with E-state index in [1.54, 1.807) is 36.5 Å². The van der Waals surface area contributed by atoms with Crippen molar-refractivity contribution in [2.75, 3.05) is 18.5 Å². The molecule has 0 spiro atoms. The van der Waals surface area contributed by atoms with Crippen LogP contribution in [-0.4, -0.2) is 23.3 Å². The Labute approximate surface area is 117 Å². The van der Waals surface area contributed by atoms with Crippen LogP contribution in [0.15, 0.2) is 42.6 Å². The summed E-state index contributed by atoms with van der Waals surface area (Å²) >= 11 is 0. The number of hydrogen-bond donors (Lipinski definition) is 2. The minimum Gasteiger partial charge on any atom is -0.475 e. The average molecular weight is 276 g/mol. The molecule has 0 aliphatic carbocycles. The molecule has 1 heterocycles. The molecule has 2 rings (SSSR count). The summed E-state index contributed by atoms with van der Waals surface area (Å²) in [4.78, 5) is 4.10. The molecule has 0 bridgehead atoms. The summed E-state index contributed by atoms with van der Waals surface area (Å²) in [6, 6.07) is 10.0. The summed E-state index contributed by atoms with van der Waals surface area (Å²) in [7, 11) is 0. The highest BCUT2D eigenvalue weighted by Gasteiger charge is 2.10. The minimum absolute atomic E-state index is 0.0496. The highest BCUT2D eigenvalue weighted by molar-refractivity contribution is 5.44. The van der Waals surface area contributed by atoms with Crippen molar-refractivity contribution in [2.45, 2.75) is 13.0 Å². The number of nitrogens with one attached hydrogen (secondary N) is 1. The van der Waals surface area contributed by atoms with Crippen LogP contribution in [0.5, 0.6) is 5.88 Å². The summed E-state index contributed by atoms with van der Waals surface area (Å²) in [6.45, 7) is 2.05. The number of aromatic nitrogens is 1. The second kappa shape index (κ2) is 6.86. The molecule has 1 atom stereocenters. The summed E-state index contributed by atoms with van der Waals surface area (Å²) in [5.74, 6) is 0.214. The second-order valence-corrected chi connectivity index (χ2v) is 4.34. The van der Waals surface area contributed by atoms with Crippen LogP contribution in [0, 0.1) is 5.82 Å². The van der Waals surface area contributed by atoms with Gasteiger partial charge >= 0.3 is 0 Å². The van der Waals surface area contributed by atoms with Gasteiger partial charge in [0, 0.05) is 11.6 Å². The van der Waals surface area contributed by atoms with Gasteiger partial charge in [-0.3, -0.25) is 0 Å². The van der Waals surface area contributed by atoms with Gasteiger partial charge in [-0.05, 0) is 19.1 Å². The first kappa shape index (κ1) is 14.3. The van der Waals surface area contributed by atoms with Crippen LogP contribution in [0.3, 0.4) is 0 Å². The lowest BCUT2D eigenvalue weighted by atomic mass is 10.1. The molecule has 1 unspecified atom stereocenters. The van der Waals surface area contributed by atoms with E-state index in [1.807, 2.05) is 6.92 Å². The summed E-state index contributed by atoms with van der Waals surface area (Å²) in [5, 5.41) is 11.8. The van der Waals surface area contributed by atoms with Crippen molar-refractivity contribution in [2.24, 2.45) is 0 Å². The van der Waals surface area contributed by atoms with Crippen molar-refractivity contribution < 1.29 is 14.2 Å². The summed E-state index contributed by atoms with van der Waals surface area (Å²) < 4.78 is 18.8. The number of anilines is 1. The maximum Gasteiger partial charge on any atom is 0.213 e. The molecule has 0 aliphatic rings. The number of hydrogen-bond acceptors (Lipinski definition) is 4. The fourth-order valence-corrected chi connectivity index (χ4v) is 1.86. The predicted molar refractivity (Wildman–Crippen MR) is 75.3 cm³/mol. The molecule has 0 fully saturated rings. The zero-order chi connectivity index (χ0) is 14.4. The van der Waals surface area contributed by atoms with E-state index in [0.29, 0.717) is 11.4 Å². The van der Waals surface area contributed by atoms with Crippen LogP contribution in [0.4, 0.5) is 10.1 Å². The molecule has 0 amide bonds. The molecule has 1 aromatic heterocycles. The molecule has 0 aliphatic heterocycles. The van der Waals surface area contributed by atoms with Crippen LogP contribution >= 0.6 is 0 Å². The third-order valence-corrected chi connectivity index (χ3v) is 2.83. The van der Waals surface area contributed by atoms with E-state index in [1.165, 1.54) is 6.07 Å². The Kier molecular flexibility index (Phi) is 4.90. The molecule has 0 radical (unpaired) electrons. The van der Waals surface area contributed by atoms with E-state index in [9.17, 15) is 4.39 Å². The quantitative estimate of drug-likeness (QED) is 0.852. The number of aliphatic hydroxyl groups is 1. The molecule has 1 aromatic carbocycles. The van der Waals surface area contributed by atoms with Crippen molar-refractivity contribution in [3.63, 3.8) is 0 Å². The molecular formula is C15H17FN2O2. The largest absolute Gasteiger partial charge is 0.475 e. The lowest BCUT2D eigenvalue weighted by Gasteiger charge is -2.16. The Bertz CT molecular complexity index is 546. The molecule has 5 heteroatoms. The Morgan fingerprint density at radius 1 is 1.30 bits per heavy atom. The van der Waals surface area contributed by atoms with Crippen molar-refractivity contribution in [1.82, 2.24) is 4.98 Å². The molecule has 20 heavy (non-hydrogen) atoms. The van der Waals surface area contributed by atoms with Gasteiger partial charge in [0.1, 0.15) is 12.4 Å². The van der Waals surface area contributed by atoms with E-state index in [4.69, 9.17) is 9.84 Å². The standard InChI is InChI=1S/C15H17FN2O2/c1-11(13-4-2-3-5-14(13)16)18-12-6-7-15(17-10-12)20-9-8-19/h2-7,10-11,18-19H,8-9H2,1H3. The number of nitrogens with zero attached hydrogens (tertiary/aromatic N) is 1. The van der Waals surface area contributed by atoms with Crippen molar-refractivity contribution in [3.05, 3.63) is 54.0 Å². The van der Waals surface area contributed by atoms with E-state index in [0.717, 1.165) is 5.69 Å². The van der Waals surface area contributed by atoms with E-state index >= 15 is 0 Å². The van der Waals surface area contributed by atoms with Gasteiger partial charge in [0.15, 0.2) is 0 Å². The Morgan fingerprint density at radius 3 is 2.75 bits per heavy atom. The van der Waals surface area contributed by atoms with Gasteiger partial charge in [0.05, 0.1) is 24.5 Å². The average Bonchev–Trinajstić information content (AvgIpc) is 2.47. The molecule has 2 aromatic rings. The van der Waals surface area contributed by atoms with Crippen molar-refractivity contribution >= 4 is 5.69 Å². The maximum absolute atomic E-state index is 13.6. The molecule has 106 valence electrons. The number of benzene rings is 1. The SMILES string of the molecule is CC(Nc1ccc(OCCO)nc1)c1ccccc1F. The maximum atomic E-state index is 13.6. The first-order valence-electron chi connectivity index (χ1n) is 6.41. The topological polar surface area (TPSA) is 54.4 Å². The first-order valence-corrected chi connectivity index (χ1v) is 6.41. The summed E-state index contributed by atoms with van der Waals surface area (Å²) in [5.41, 5.74) is 1.38. The van der Waals surface area contributed by atoms with E-state index < -0.39 is 0 Å². The van der Waals surface area contributed by atoms with Crippen LogP contribution in [0.2, 0.25) is 0 Å². The molecule has 2 N–H and O–H groups in total. The van der Waals surface area contributed by atoms with Crippen LogP contribution < -0.4 is 10.1 Å². The van der Waals surface area contributed by atoms with Gasteiger partial charge < -0.3 is 15.2 Å². The van der Waals surface area contributed by atoms with E-state index in [2.05, 4.69) is 10.3 Å². The van der Waals surface area contributed by atoms with Crippen molar-refractivity contribution in [1.29, 1.82) is 0 Å². The third-order valence-electron chi connectivity index (χ3n) is 2.83. The second-order valence-electron chi connectivity index (χ2n) is 4.34. The van der Waals surface area contributed by atoms with Crippen LogP contribution in [-0.2, 0) is 0 Å². The predicted octanol–water partition coefficient (Wildman–Crippen LogP) is 2.76. The normalized spacial score (nSPS) is 11.9. The molecule has 0 saturated heterocycles. The number of ether oxygens (including phenoxy) is 1. The minimum atomic E-state index is -0.233.